The molecule has 0 aliphatic heterocycles. The summed E-state index contributed by atoms with van der Waals surface area (Å²) in [6, 6.07) is 23.2. The van der Waals surface area contributed by atoms with Crippen LogP contribution in [-0.2, 0) is 27.9 Å². The highest BCUT2D eigenvalue weighted by Gasteiger charge is 2.40. The Bertz CT molecular complexity index is 1850. The van der Waals surface area contributed by atoms with Crippen molar-refractivity contribution < 1.29 is 50.1 Å². The fourth-order valence-electron chi connectivity index (χ4n) is 5.51. The molecule has 0 bridgehead atoms. The predicted molar refractivity (Wildman–Crippen MR) is 170 cm³/mol. The van der Waals surface area contributed by atoms with E-state index >= 15 is 0 Å². The molecule has 1 atom stereocenters. The number of amides is 2. The van der Waals surface area contributed by atoms with Crippen LogP contribution in [0.1, 0.15) is 22.3 Å². The first kappa shape index (κ1) is 35.1. The van der Waals surface area contributed by atoms with Crippen molar-refractivity contribution in [3.63, 3.8) is 0 Å². The monoisotopic (exact) mass is 702 g/mol. The molecule has 5 rings (SSSR count). The van der Waals surface area contributed by atoms with Crippen LogP contribution in [0.15, 0.2) is 109 Å². The molecule has 2 amide bonds. The molecule has 0 saturated heterocycles. The summed E-state index contributed by atoms with van der Waals surface area (Å²) in [6.45, 7) is 0. The Labute approximate surface area is 280 Å². The highest BCUT2D eigenvalue weighted by atomic mass is 32.1. The Morgan fingerprint density at radius 2 is 1.33 bits per heavy atom. The number of thiophene rings is 1. The lowest BCUT2D eigenvalue weighted by atomic mass is 9.77. The molecule has 0 aliphatic carbocycles. The van der Waals surface area contributed by atoms with Crippen molar-refractivity contribution in [2.75, 3.05) is 7.11 Å². The first-order chi connectivity index (χ1) is 23.2. The molecule has 4 aromatic carbocycles. The lowest BCUT2D eigenvalue weighted by Crippen LogP contribution is -2.55. The van der Waals surface area contributed by atoms with Gasteiger partial charge in [0.15, 0.2) is 0 Å². The van der Waals surface area contributed by atoms with Crippen molar-refractivity contribution in [1.29, 1.82) is 0 Å². The molecule has 49 heavy (non-hydrogen) atoms. The number of benzene rings is 4. The highest BCUT2D eigenvalue weighted by Crippen LogP contribution is 2.38. The summed E-state index contributed by atoms with van der Waals surface area (Å²) in [6.07, 6.45) is -10.3. The van der Waals surface area contributed by atoms with Crippen molar-refractivity contribution >= 4 is 33.4 Å². The van der Waals surface area contributed by atoms with Gasteiger partial charge in [0.2, 0.25) is 0 Å². The van der Waals surface area contributed by atoms with Gasteiger partial charge in [-0.3, -0.25) is 0 Å². The van der Waals surface area contributed by atoms with Crippen molar-refractivity contribution in [1.82, 2.24) is 10.6 Å². The Kier molecular flexibility index (Phi) is 10.4. The zero-order chi connectivity index (χ0) is 35.2. The normalized spacial score (nSPS) is 12.6. The topological polar surface area (TPSA) is 85.9 Å². The molecule has 0 spiro atoms. The van der Waals surface area contributed by atoms with E-state index in [0.29, 0.717) is 5.56 Å². The average molecular weight is 703 g/mol. The molecule has 256 valence electrons. The van der Waals surface area contributed by atoms with E-state index in [4.69, 9.17) is 4.74 Å². The zero-order valence-corrected chi connectivity index (χ0v) is 26.4. The third kappa shape index (κ3) is 9.02. The first-order valence-electron chi connectivity index (χ1n) is 14.6. The number of methoxy groups -OCH3 is 1. The maximum absolute atomic E-state index is 14.0. The van der Waals surface area contributed by atoms with Crippen LogP contribution in [0.5, 0.6) is 11.5 Å². The van der Waals surface area contributed by atoms with E-state index in [9.17, 15) is 35.9 Å². The van der Waals surface area contributed by atoms with Crippen LogP contribution in [0.4, 0.5) is 31.1 Å². The first-order valence-corrected chi connectivity index (χ1v) is 15.5. The minimum absolute atomic E-state index is 0.0239. The van der Waals surface area contributed by atoms with Crippen molar-refractivity contribution in [3.05, 3.63) is 131 Å². The third-order valence-electron chi connectivity index (χ3n) is 7.54. The predicted octanol–water partition coefficient (Wildman–Crippen LogP) is 8.27. The van der Waals surface area contributed by atoms with Crippen LogP contribution in [0.2, 0.25) is 0 Å². The standard InChI is InChI=1S/C35H28F6N2O5S/c1-46-31(44)29(17-23-21-49-30-16-6-5-15-28(23)30)42-32(45)43-33(20-22-9-3-2-4-10-22,24-11-7-13-26(18-24)47-34(36,37)38)25-12-8-14-27(19-25)48-35(39,40)41/h2-16,18-19,21,29H,17,20H2,1H3,(H2,42,43,45)/t29-/m0/s1. The number of alkyl halides is 6. The minimum atomic E-state index is -5.06. The number of carbonyl (C=O) groups excluding carboxylic acids is 2. The number of carbonyl (C=O) groups is 2. The van der Waals surface area contributed by atoms with Crippen LogP contribution in [0, 0.1) is 0 Å². The fraction of sp³-hybridized carbons (Fsp3) is 0.200. The second-order valence-electron chi connectivity index (χ2n) is 10.9. The van der Waals surface area contributed by atoms with Crippen LogP contribution >= 0.6 is 11.3 Å². The second-order valence-corrected chi connectivity index (χ2v) is 11.8. The van der Waals surface area contributed by atoms with E-state index in [2.05, 4.69) is 20.1 Å². The van der Waals surface area contributed by atoms with Gasteiger partial charge in [-0.1, -0.05) is 72.8 Å². The van der Waals surface area contributed by atoms with Crippen LogP contribution in [-0.4, -0.2) is 37.9 Å². The summed E-state index contributed by atoms with van der Waals surface area (Å²) in [5.74, 6) is -2.05. The molecule has 0 fully saturated rings. The van der Waals surface area contributed by atoms with Crippen molar-refractivity contribution in [3.8, 4) is 11.5 Å². The van der Waals surface area contributed by atoms with Gasteiger partial charge >= 0.3 is 24.7 Å². The van der Waals surface area contributed by atoms with Gasteiger partial charge in [0.25, 0.3) is 0 Å². The maximum Gasteiger partial charge on any atom is 0.573 e. The van der Waals surface area contributed by atoms with Gasteiger partial charge < -0.3 is 24.8 Å². The number of urea groups is 1. The SMILES string of the molecule is COC(=O)[C@H](Cc1csc2ccccc12)NC(=O)NC(Cc1ccccc1)(c1cccc(OC(F)(F)F)c1)c1cccc(OC(F)(F)F)c1. The van der Waals surface area contributed by atoms with E-state index in [0.717, 1.165) is 47.0 Å². The molecule has 0 radical (unpaired) electrons. The van der Waals surface area contributed by atoms with Gasteiger partial charge in [0, 0.05) is 17.5 Å². The molecule has 0 saturated carbocycles. The number of rotatable bonds is 11. The number of halogens is 6. The highest BCUT2D eigenvalue weighted by molar-refractivity contribution is 7.17. The van der Waals surface area contributed by atoms with E-state index in [1.54, 1.807) is 30.3 Å². The number of hydrogen-bond acceptors (Lipinski definition) is 6. The molecule has 7 nitrogen and oxygen atoms in total. The molecular weight excluding hydrogens is 674 g/mol. The molecule has 0 unspecified atom stereocenters. The summed E-state index contributed by atoms with van der Waals surface area (Å²) < 4.78 is 94.0. The summed E-state index contributed by atoms with van der Waals surface area (Å²) in [4.78, 5) is 26.9. The maximum atomic E-state index is 14.0. The number of nitrogens with one attached hydrogen (secondary N) is 2. The fourth-order valence-corrected chi connectivity index (χ4v) is 6.49. The quantitative estimate of drug-likeness (QED) is 0.107. The molecule has 0 aliphatic rings. The Balaban J connectivity index is 1.61. The van der Waals surface area contributed by atoms with Crippen molar-refractivity contribution in [2.24, 2.45) is 0 Å². The van der Waals surface area contributed by atoms with E-state index < -0.39 is 47.8 Å². The van der Waals surface area contributed by atoms with Gasteiger partial charge in [-0.25, -0.2) is 9.59 Å². The number of esters is 1. The Morgan fingerprint density at radius 1 is 0.755 bits per heavy atom. The smallest absolute Gasteiger partial charge is 0.467 e. The Hall–Kier alpha value is -5.24. The van der Waals surface area contributed by atoms with Gasteiger partial charge in [-0.15, -0.1) is 37.7 Å². The summed E-state index contributed by atoms with van der Waals surface area (Å²) in [5, 5.41) is 8.11. The van der Waals surface area contributed by atoms with Crippen LogP contribution in [0.3, 0.4) is 0 Å². The van der Waals surface area contributed by atoms with Gasteiger partial charge in [-0.05, 0) is 63.4 Å². The van der Waals surface area contributed by atoms with Gasteiger partial charge in [0.1, 0.15) is 17.5 Å². The Morgan fingerprint density at radius 3 is 1.90 bits per heavy atom. The number of fused-ring (bicyclic) bond motifs is 1. The summed E-state index contributed by atoms with van der Waals surface area (Å²) >= 11 is 1.45. The van der Waals surface area contributed by atoms with Crippen LogP contribution < -0.4 is 20.1 Å². The van der Waals surface area contributed by atoms with E-state index in [1.807, 2.05) is 29.6 Å². The minimum Gasteiger partial charge on any atom is -0.467 e. The van der Waals surface area contributed by atoms with E-state index in [-0.39, 0.29) is 24.0 Å². The van der Waals surface area contributed by atoms with Crippen molar-refractivity contribution in [2.45, 2.75) is 37.1 Å². The van der Waals surface area contributed by atoms with Gasteiger partial charge in [0.05, 0.1) is 12.6 Å². The second kappa shape index (κ2) is 14.5. The lowest BCUT2D eigenvalue weighted by molar-refractivity contribution is -0.275. The van der Waals surface area contributed by atoms with E-state index in [1.165, 1.54) is 35.6 Å². The van der Waals surface area contributed by atoms with Crippen LogP contribution in [0.25, 0.3) is 10.1 Å². The molecular formula is C35H28F6N2O5S. The lowest BCUT2D eigenvalue weighted by Gasteiger charge is -2.37. The molecule has 1 aromatic heterocycles. The number of hydrogen-bond donors (Lipinski definition) is 2. The molecule has 2 N–H and O–H groups in total. The average Bonchev–Trinajstić information content (AvgIpc) is 3.45. The third-order valence-corrected chi connectivity index (χ3v) is 8.55. The molecule has 14 heteroatoms. The number of ether oxygens (including phenoxy) is 3. The molecule has 1 heterocycles. The van der Waals surface area contributed by atoms with Gasteiger partial charge in [-0.2, -0.15) is 0 Å². The zero-order valence-electron chi connectivity index (χ0n) is 25.6. The molecule has 5 aromatic rings. The largest absolute Gasteiger partial charge is 0.573 e. The summed E-state index contributed by atoms with van der Waals surface area (Å²) in [5.41, 5.74) is -0.495. The summed E-state index contributed by atoms with van der Waals surface area (Å²) in [7, 11) is 1.15.